The number of allylic oxidation sites excluding steroid dienone is 2. The van der Waals surface area contributed by atoms with Crippen molar-refractivity contribution in [2.75, 3.05) is 13.1 Å². The highest BCUT2D eigenvalue weighted by molar-refractivity contribution is 5.09. The summed E-state index contributed by atoms with van der Waals surface area (Å²) in [6, 6.07) is 0. The average molecular weight is 137 g/mol. The summed E-state index contributed by atoms with van der Waals surface area (Å²) in [5.41, 5.74) is 1.73. The maximum absolute atomic E-state index is 3.31. The van der Waals surface area contributed by atoms with Crippen molar-refractivity contribution in [3.8, 4) is 0 Å². The third kappa shape index (κ3) is 1.24. The third-order valence-corrected chi connectivity index (χ3v) is 2.55. The molecule has 1 aliphatic heterocycles. The van der Waals surface area contributed by atoms with E-state index in [4.69, 9.17) is 0 Å². The molecular weight excluding hydrogens is 122 g/mol. The van der Waals surface area contributed by atoms with E-state index in [9.17, 15) is 0 Å². The van der Waals surface area contributed by atoms with Gasteiger partial charge < -0.3 is 5.32 Å². The lowest BCUT2D eigenvalue weighted by molar-refractivity contribution is 0.344. The standard InChI is InChI=1S/C9H15N/c1-2-4-8(3-1)5-9-6-10-7-9/h3,9-10H,1-2,4-7H2. The second-order valence-electron chi connectivity index (χ2n) is 3.48. The first-order valence-electron chi connectivity index (χ1n) is 4.34. The van der Waals surface area contributed by atoms with Gasteiger partial charge in [0.1, 0.15) is 0 Å². The Labute approximate surface area is 62.5 Å². The van der Waals surface area contributed by atoms with Gasteiger partial charge in [0.05, 0.1) is 0 Å². The lowest BCUT2D eigenvalue weighted by atomic mass is 9.94. The lowest BCUT2D eigenvalue weighted by Gasteiger charge is -2.27. The van der Waals surface area contributed by atoms with Crippen molar-refractivity contribution in [3.05, 3.63) is 11.6 Å². The van der Waals surface area contributed by atoms with Gasteiger partial charge in [0.2, 0.25) is 0 Å². The molecule has 1 fully saturated rings. The van der Waals surface area contributed by atoms with Crippen molar-refractivity contribution >= 4 is 0 Å². The molecule has 0 saturated carbocycles. The van der Waals surface area contributed by atoms with Gasteiger partial charge in [-0.15, -0.1) is 0 Å². The predicted octanol–water partition coefficient (Wildman–Crippen LogP) is 1.71. The molecule has 0 amide bonds. The van der Waals surface area contributed by atoms with Crippen LogP contribution in [0.4, 0.5) is 0 Å². The van der Waals surface area contributed by atoms with Crippen molar-refractivity contribution in [2.45, 2.75) is 25.7 Å². The summed E-state index contributed by atoms with van der Waals surface area (Å²) in [6.45, 7) is 2.52. The molecule has 0 aromatic carbocycles. The predicted molar refractivity (Wildman–Crippen MR) is 42.9 cm³/mol. The Morgan fingerprint density at radius 3 is 2.90 bits per heavy atom. The van der Waals surface area contributed by atoms with Crippen molar-refractivity contribution < 1.29 is 0 Å². The molecule has 1 N–H and O–H groups in total. The first kappa shape index (κ1) is 6.41. The van der Waals surface area contributed by atoms with Crippen LogP contribution in [0.3, 0.4) is 0 Å². The average Bonchev–Trinajstić information content (AvgIpc) is 2.29. The third-order valence-electron chi connectivity index (χ3n) is 2.55. The van der Waals surface area contributed by atoms with Crippen LogP contribution < -0.4 is 5.32 Å². The Hall–Kier alpha value is -0.300. The van der Waals surface area contributed by atoms with E-state index in [1.54, 1.807) is 5.57 Å². The zero-order chi connectivity index (χ0) is 6.81. The number of nitrogens with one attached hydrogen (secondary N) is 1. The van der Waals surface area contributed by atoms with Crippen LogP contribution in [-0.2, 0) is 0 Å². The van der Waals surface area contributed by atoms with Gasteiger partial charge in [-0.25, -0.2) is 0 Å². The topological polar surface area (TPSA) is 12.0 Å². The highest BCUT2D eigenvalue weighted by Crippen LogP contribution is 2.25. The SMILES string of the molecule is C1=C(CC2CNC2)CCC1. The van der Waals surface area contributed by atoms with E-state index in [0.29, 0.717) is 0 Å². The first-order chi connectivity index (χ1) is 4.95. The molecule has 10 heavy (non-hydrogen) atoms. The van der Waals surface area contributed by atoms with E-state index in [-0.39, 0.29) is 0 Å². The van der Waals surface area contributed by atoms with Crippen molar-refractivity contribution in [2.24, 2.45) is 5.92 Å². The summed E-state index contributed by atoms with van der Waals surface area (Å²) >= 11 is 0. The van der Waals surface area contributed by atoms with Gasteiger partial charge in [0.15, 0.2) is 0 Å². The first-order valence-corrected chi connectivity index (χ1v) is 4.34. The van der Waals surface area contributed by atoms with E-state index in [1.807, 2.05) is 0 Å². The van der Waals surface area contributed by atoms with Gasteiger partial charge in [-0.2, -0.15) is 0 Å². The van der Waals surface area contributed by atoms with Gasteiger partial charge in [-0.3, -0.25) is 0 Å². The van der Waals surface area contributed by atoms with Crippen LogP contribution in [0.2, 0.25) is 0 Å². The van der Waals surface area contributed by atoms with Gasteiger partial charge in [0.25, 0.3) is 0 Å². The smallest absolute Gasteiger partial charge is 0.000518 e. The molecule has 0 aromatic rings. The molecule has 0 aromatic heterocycles. The van der Waals surface area contributed by atoms with Gasteiger partial charge in [-0.1, -0.05) is 11.6 Å². The Bertz CT molecular complexity index is 145. The molecule has 1 heteroatoms. The highest BCUT2D eigenvalue weighted by Gasteiger charge is 2.18. The second kappa shape index (κ2) is 2.75. The monoisotopic (exact) mass is 137 g/mol. The van der Waals surface area contributed by atoms with E-state index in [0.717, 1.165) is 5.92 Å². The van der Waals surface area contributed by atoms with E-state index >= 15 is 0 Å². The zero-order valence-corrected chi connectivity index (χ0v) is 6.40. The molecule has 56 valence electrons. The van der Waals surface area contributed by atoms with Crippen LogP contribution in [0.15, 0.2) is 11.6 Å². The Balaban J connectivity index is 1.77. The molecule has 0 bridgehead atoms. The molecule has 2 rings (SSSR count). The molecule has 1 aliphatic carbocycles. The normalized spacial score (nSPS) is 26.2. The largest absolute Gasteiger partial charge is 0.316 e. The Morgan fingerprint density at radius 2 is 2.40 bits per heavy atom. The Kier molecular flexibility index (Phi) is 1.76. The fraction of sp³-hybridized carbons (Fsp3) is 0.778. The summed E-state index contributed by atoms with van der Waals surface area (Å²) in [6.07, 6.45) is 7.97. The molecule has 0 atom stereocenters. The van der Waals surface area contributed by atoms with Crippen molar-refractivity contribution in [1.82, 2.24) is 5.32 Å². The molecule has 0 radical (unpaired) electrons. The fourth-order valence-corrected chi connectivity index (χ4v) is 1.79. The minimum absolute atomic E-state index is 0.976. The summed E-state index contributed by atoms with van der Waals surface area (Å²) in [7, 11) is 0. The number of hydrogen-bond donors (Lipinski definition) is 1. The van der Waals surface area contributed by atoms with Crippen molar-refractivity contribution in [3.63, 3.8) is 0 Å². The summed E-state index contributed by atoms with van der Waals surface area (Å²) in [4.78, 5) is 0. The lowest BCUT2D eigenvalue weighted by Crippen LogP contribution is -2.41. The number of rotatable bonds is 2. The van der Waals surface area contributed by atoms with Crippen LogP contribution >= 0.6 is 0 Å². The maximum atomic E-state index is 3.31. The van der Waals surface area contributed by atoms with Gasteiger partial charge in [-0.05, 0) is 44.7 Å². The molecule has 2 aliphatic rings. The van der Waals surface area contributed by atoms with Crippen LogP contribution in [0.1, 0.15) is 25.7 Å². The summed E-state index contributed by atoms with van der Waals surface area (Å²) < 4.78 is 0. The van der Waals surface area contributed by atoms with Gasteiger partial charge in [0, 0.05) is 0 Å². The van der Waals surface area contributed by atoms with Gasteiger partial charge >= 0.3 is 0 Å². The summed E-state index contributed by atoms with van der Waals surface area (Å²) in [5.74, 6) is 0.976. The molecule has 1 nitrogen and oxygen atoms in total. The molecular formula is C9H15N. The zero-order valence-electron chi connectivity index (χ0n) is 6.40. The van der Waals surface area contributed by atoms with E-state index in [2.05, 4.69) is 11.4 Å². The van der Waals surface area contributed by atoms with Crippen molar-refractivity contribution in [1.29, 1.82) is 0 Å². The summed E-state index contributed by atoms with van der Waals surface area (Å²) in [5, 5.41) is 3.31. The minimum atomic E-state index is 0.976. The van der Waals surface area contributed by atoms with Crippen LogP contribution in [0, 0.1) is 5.92 Å². The highest BCUT2D eigenvalue weighted by atomic mass is 14.9. The second-order valence-corrected chi connectivity index (χ2v) is 3.48. The molecule has 0 spiro atoms. The van der Waals surface area contributed by atoms with Crippen LogP contribution in [0.25, 0.3) is 0 Å². The minimum Gasteiger partial charge on any atom is -0.316 e. The van der Waals surface area contributed by atoms with E-state index in [1.165, 1.54) is 38.8 Å². The maximum Gasteiger partial charge on any atom is -0.000518 e. The molecule has 1 saturated heterocycles. The van der Waals surface area contributed by atoms with Crippen LogP contribution in [0.5, 0.6) is 0 Å². The Morgan fingerprint density at radius 1 is 1.50 bits per heavy atom. The van der Waals surface area contributed by atoms with E-state index < -0.39 is 0 Å². The molecule has 0 unspecified atom stereocenters. The molecule has 1 heterocycles. The van der Waals surface area contributed by atoms with Crippen LogP contribution in [-0.4, -0.2) is 13.1 Å². The fourth-order valence-electron chi connectivity index (χ4n) is 1.79. The number of hydrogen-bond acceptors (Lipinski definition) is 1. The quantitative estimate of drug-likeness (QED) is 0.571.